The van der Waals surface area contributed by atoms with Crippen molar-refractivity contribution >= 4 is 41.6 Å². The average Bonchev–Trinajstić information content (AvgIpc) is 2.56. The van der Waals surface area contributed by atoms with Crippen LogP contribution in [-0.2, 0) is 23.9 Å². The number of carbonyl (C=O) groups excluding carboxylic acids is 4. The normalized spacial score (nSPS) is 11.2. The Bertz CT molecular complexity index is 700. The van der Waals surface area contributed by atoms with Gasteiger partial charge in [-0.25, -0.2) is 4.79 Å². The molecule has 0 saturated heterocycles. The second-order valence-corrected chi connectivity index (χ2v) is 5.60. The summed E-state index contributed by atoms with van der Waals surface area (Å²) in [7, 11) is 0. The molecule has 0 heterocycles. The van der Waals surface area contributed by atoms with E-state index in [0.29, 0.717) is 5.56 Å². The first-order chi connectivity index (χ1) is 12.3. The zero-order valence-electron chi connectivity index (χ0n) is 13.8. The largest absolute Gasteiger partial charge is 0.481 e. The van der Waals surface area contributed by atoms with Crippen molar-refractivity contribution in [1.29, 1.82) is 0 Å². The van der Waals surface area contributed by atoms with Gasteiger partial charge in [-0.05, 0) is 18.6 Å². The maximum atomic E-state index is 12.1. The van der Waals surface area contributed by atoms with Crippen molar-refractivity contribution in [3.05, 3.63) is 34.3 Å². The first-order valence-electron chi connectivity index (χ1n) is 7.39. The lowest BCUT2D eigenvalue weighted by Gasteiger charge is -2.16. The summed E-state index contributed by atoms with van der Waals surface area (Å²) in [5, 5.41) is 13.2. The summed E-state index contributed by atoms with van der Waals surface area (Å²) < 4.78 is 4.89. The zero-order chi connectivity index (χ0) is 19.7. The number of carboxylic acids is 1. The third kappa shape index (κ3) is 6.52. The number of halogens is 1. The van der Waals surface area contributed by atoms with Gasteiger partial charge < -0.3 is 20.5 Å². The highest BCUT2D eigenvalue weighted by Gasteiger charge is 2.25. The second-order valence-electron chi connectivity index (χ2n) is 5.19. The number of ether oxygens (including phenoxy) is 1. The number of rotatable bonds is 10. The number of ketones is 1. The van der Waals surface area contributed by atoms with Crippen LogP contribution in [0.4, 0.5) is 0 Å². The van der Waals surface area contributed by atoms with Crippen molar-refractivity contribution in [2.75, 3.05) is 13.2 Å². The summed E-state index contributed by atoms with van der Waals surface area (Å²) in [5.74, 6) is -3.75. The van der Waals surface area contributed by atoms with Crippen LogP contribution in [0.1, 0.15) is 22.3 Å². The molecule has 0 aliphatic rings. The fourth-order valence-electron chi connectivity index (χ4n) is 2.00. The predicted molar refractivity (Wildman–Crippen MR) is 89.7 cm³/mol. The van der Waals surface area contributed by atoms with Gasteiger partial charge in [0.25, 0.3) is 0 Å². The molecule has 9 nitrogen and oxygen atoms in total. The lowest BCUT2D eigenvalue weighted by atomic mass is 10.1. The summed E-state index contributed by atoms with van der Waals surface area (Å²) >= 11 is 5.93. The number of aryl methyl sites for hydroxylation is 1. The highest BCUT2D eigenvalue weighted by molar-refractivity contribution is 6.33. The lowest BCUT2D eigenvalue weighted by molar-refractivity contribution is -0.140. The van der Waals surface area contributed by atoms with Gasteiger partial charge in [-0.3, -0.25) is 19.2 Å². The molecule has 0 saturated carbocycles. The number of carboxylic acid groups (broad SMARTS) is 1. The molecule has 0 aliphatic heterocycles. The quantitative estimate of drug-likeness (QED) is 0.383. The van der Waals surface area contributed by atoms with E-state index in [1.54, 1.807) is 19.1 Å². The molecule has 0 spiro atoms. The molecular formula is C16H17ClN2O7. The highest BCUT2D eigenvalue weighted by Crippen LogP contribution is 2.20. The number of nitrogens with one attached hydrogen (secondary N) is 2. The molecule has 1 rings (SSSR count). The molecule has 26 heavy (non-hydrogen) atoms. The van der Waals surface area contributed by atoms with Crippen LogP contribution < -0.4 is 10.6 Å². The molecule has 3 N–H and O–H groups in total. The van der Waals surface area contributed by atoms with Gasteiger partial charge in [0.2, 0.25) is 12.3 Å². The number of benzene rings is 1. The number of amides is 2. The first kappa shape index (κ1) is 21.1. The summed E-state index contributed by atoms with van der Waals surface area (Å²) in [6.45, 7) is 0.464. The molecule has 0 unspecified atom stereocenters. The fourth-order valence-corrected chi connectivity index (χ4v) is 2.30. The van der Waals surface area contributed by atoms with E-state index in [1.807, 2.05) is 0 Å². The first-order valence-corrected chi connectivity index (χ1v) is 7.77. The van der Waals surface area contributed by atoms with Crippen LogP contribution in [-0.4, -0.2) is 54.3 Å². The number of hydrogen-bond acceptors (Lipinski definition) is 6. The van der Waals surface area contributed by atoms with Gasteiger partial charge in [-0.1, -0.05) is 23.7 Å². The van der Waals surface area contributed by atoms with Crippen LogP contribution in [0.25, 0.3) is 0 Å². The molecule has 1 aromatic rings. The molecular weight excluding hydrogens is 368 g/mol. The van der Waals surface area contributed by atoms with Crippen molar-refractivity contribution in [1.82, 2.24) is 10.6 Å². The molecule has 0 aromatic heterocycles. The van der Waals surface area contributed by atoms with E-state index in [4.69, 9.17) is 21.4 Å². The van der Waals surface area contributed by atoms with E-state index in [1.165, 1.54) is 6.07 Å². The Hall–Kier alpha value is -2.94. The van der Waals surface area contributed by atoms with Gasteiger partial charge in [0, 0.05) is 0 Å². The summed E-state index contributed by atoms with van der Waals surface area (Å²) in [6, 6.07) is 3.36. The third-order valence-electron chi connectivity index (χ3n) is 3.22. The maximum absolute atomic E-state index is 12.1. The molecule has 10 heteroatoms. The van der Waals surface area contributed by atoms with E-state index < -0.39 is 49.2 Å². The van der Waals surface area contributed by atoms with Gasteiger partial charge in [-0.2, -0.15) is 0 Å². The number of aliphatic carboxylic acids is 1. The Balaban J connectivity index is 2.73. The Labute approximate surface area is 153 Å². The topological polar surface area (TPSA) is 139 Å². The fraction of sp³-hybridized carbons (Fsp3) is 0.312. The van der Waals surface area contributed by atoms with Crippen molar-refractivity contribution < 1.29 is 33.8 Å². The number of esters is 1. The predicted octanol–water partition coefficient (Wildman–Crippen LogP) is 0.0798. The SMILES string of the molecule is Cc1cccc(Cl)c1C(=O)OCC(=O)[C@H](CC(=O)O)NC(=O)CNC=O. The monoisotopic (exact) mass is 384 g/mol. The smallest absolute Gasteiger partial charge is 0.340 e. The van der Waals surface area contributed by atoms with Gasteiger partial charge >= 0.3 is 11.9 Å². The van der Waals surface area contributed by atoms with Crippen LogP contribution in [0.3, 0.4) is 0 Å². The van der Waals surface area contributed by atoms with E-state index in [0.717, 1.165) is 0 Å². The van der Waals surface area contributed by atoms with Crippen molar-refractivity contribution in [3.63, 3.8) is 0 Å². The minimum atomic E-state index is -1.41. The van der Waals surface area contributed by atoms with Crippen LogP contribution in [0.5, 0.6) is 0 Å². The Morgan fingerprint density at radius 1 is 1.31 bits per heavy atom. The summed E-state index contributed by atoms with van der Waals surface area (Å²) in [4.78, 5) is 56.8. The van der Waals surface area contributed by atoms with Crippen molar-refractivity contribution in [2.24, 2.45) is 0 Å². The van der Waals surface area contributed by atoms with Gasteiger partial charge in [0.15, 0.2) is 12.4 Å². The lowest BCUT2D eigenvalue weighted by Crippen LogP contribution is -2.46. The van der Waals surface area contributed by atoms with E-state index >= 15 is 0 Å². The van der Waals surface area contributed by atoms with E-state index in [2.05, 4.69) is 10.6 Å². The standard InChI is InChI=1S/C16H17ClN2O7/c1-9-3-2-4-10(17)15(9)16(25)26-7-12(21)11(5-14(23)24)19-13(22)6-18-8-20/h2-4,8,11H,5-7H2,1H3,(H,18,20)(H,19,22)(H,23,24)/t11-/m0/s1. The third-order valence-corrected chi connectivity index (χ3v) is 3.54. The van der Waals surface area contributed by atoms with Crippen LogP contribution >= 0.6 is 11.6 Å². The maximum Gasteiger partial charge on any atom is 0.340 e. The highest BCUT2D eigenvalue weighted by atomic mass is 35.5. The number of hydrogen-bond donors (Lipinski definition) is 3. The molecule has 0 radical (unpaired) electrons. The zero-order valence-corrected chi connectivity index (χ0v) is 14.5. The van der Waals surface area contributed by atoms with E-state index in [-0.39, 0.29) is 17.0 Å². The molecule has 140 valence electrons. The van der Waals surface area contributed by atoms with Crippen molar-refractivity contribution in [3.8, 4) is 0 Å². The minimum Gasteiger partial charge on any atom is -0.481 e. The Morgan fingerprint density at radius 3 is 2.58 bits per heavy atom. The van der Waals surface area contributed by atoms with E-state index in [9.17, 15) is 24.0 Å². The minimum absolute atomic E-state index is 0.0935. The summed E-state index contributed by atoms with van der Waals surface area (Å²) in [6.07, 6.45) is -0.421. The molecule has 2 amide bonds. The average molecular weight is 385 g/mol. The molecule has 1 aromatic carbocycles. The molecule has 0 aliphatic carbocycles. The van der Waals surface area contributed by atoms with Crippen molar-refractivity contribution in [2.45, 2.75) is 19.4 Å². The Morgan fingerprint density at radius 2 is 2.00 bits per heavy atom. The summed E-state index contributed by atoms with van der Waals surface area (Å²) in [5.41, 5.74) is 0.640. The molecule has 1 atom stereocenters. The van der Waals surface area contributed by atoms with Gasteiger partial charge in [-0.15, -0.1) is 0 Å². The van der Waals surface area contributed by atoms with Gasteiger partial charge in [0.1, 0.15) is 6.04 Å². The van der Waals surface area contributed by atoms with Gasteiger partial charge in [0.05, 0.1) is 23.6 Å². The second kappa shape index (κ2) is 10.1. The van der Waals surface area contributed by atoms with Crippen LogP contribution in [0.15, 0.2) is 18.2 Å². The van der Waals surface area contributed by atoms with Crippen LogP contribution in [0, 0.1) is 6.92 Å². The number of carbonyl (C=O) groups is 5. The molecule has 0 bridgehead atoms. The Kier molecular flexibility index (Phi) is 8.23. The van der Waals surface area contributed by atoms with Crippen LogP contribution in [0.2, 0.25) is 5.02 Å². The molecule has 0 fully saturated rings. The number of Topliss-reactive ketones (excluding diaryl/α,β-unsaturated/α-hetero) is 1.